The molecule has 0 bridgehead atoms. The number of hydrogen-bond donors (Lipinski definition) is 0. The standard InChI is InChI=1S/C16H16F3N3O2/c1-10-20-15(24-21-10)12-6-7-22(9-12)14(23)8-11-4-2-3-5-13(11)16(17,18)19/h2-5,12H,6-9H2,1H3. The predicted octanol–water partition coefficient (Wildman–Crippen LogP) is 2.96. The molecule has 1 atom stereocenters. The average molecular weight is 339 g/mol. The number of alkyl halides is 3. The minimum absolute atomic E-state index is 0.00733. The molecule has 2 aromatic rings. The van der Waals surface area contributed by atoms with Gasteiger partial charge in [0.05, 0.1) is 17.9 Å². The summed E-state index contributed by atoms with van der Waals surface area (Å²) in [6.45, 7) is 2.56. The van der Waals surface area contributed by atoms with Crippen molar-refractivity contribution in [1.29, 1.82) is 0 Å². The molecule has 0 spiro atoms. The topological polar surface area (TPSA) is 59.2 Å². The number of aromatic nitrogens is 2. The van der Waals surface area contributed by atoms with Gasteiger partial charge in [-0.2, -0.15) is 18.2 Å². The first-order chi connectivity index (χ1) is 11.3. The molecule has 5 nitrogen and oxygen atoms in total. The van der Waals surface area contributed by atoms with Crippen molar-refractivity contribution in [2.24, 2.45) is 0 Å². The van der Waals surface area contributed by atoms with E-state index in [-0.39, 0.29) is 23.8 Å². The maximum Gasteiger partial charge on any atom is 0.416 e. The van der Waals surface area contributed by atoms with E-state index in [0.29, 0.717) is 31.2 Å². The van der Waals surface area contributed by atoms with Gasteiger partial charge < -0.3 is 9.42 Å². The van der Waals surface area contributed by atoms with Gasteiger partial charge in [-0.15, -0.1) is 0 Å². The first kappa shape index (κ1) is 16.5. The van der Waals surface area contributed by atoms with Gasteiger partial charge in [-0.1, -0.05) is 23.4 Å². The lowest BCUT2D eigenvalue weighted by Crippen LogP contribution is -2.30. The molecule has 8 heteroatoms. The molecule has 1 aromatic heterocycles. The number of carbonyl (C=O) groups is 1. The first-order valence-electron chi connectivity index (χ1n) is 7.57. The van der Waals surface area contributed by atoms with Crippen molar-refractivity contribution < 1.29 is 22.5 Å². The highest BCUT2D eigenvalue weighted by Crippen LogP contribution is 2.33. The summed E-state index contributed by atoms with van der Waals surface area (Å²) in [5, 5.41) is 3.72. The number of carbonyl (C=O) groups excluding carboxylic acids is 1. The lowest BCUT2D eigenvalue weighted by atomic mass is 10.0. The van der Waals surface area contributed by atoms with Crippen LogP contribution < -0.4 is 0 Å². The second kappa shape index (κ2) is 6.26. The maximum atomic E-state index is 13.0. The molecule has 24 heavy (non-hydrogen) atoms. The fourth-order valence-corrected chi connectivity index (χ4v) is 2.89. The van der Waals surface area contributed by atoms with Crippen molar-refractivity contribution in [2.45, 2.75) is 31.9 Å². The fourth-order valence-electron chi connectivity index (χ4n) is 2.89. The van der Waals surface area contributed by atoms with Gasteiger partial charge in [-0.25, -0.2) is 0 Å². The third-order valence-corrected chi connectivity index (χ3v) is 4.10. The molecule has 0 aliphatic carbocycles. The Hall–Kier alpha value is -2.38. The molecule has 1 saturated heterocycles. The summed E-state index contributed by atoms with van der Waals surface area (Å²) in [5.41, 5.74) is -0.770. The Morgan fingerprint density at radius 3 is 2.79 bits per heavy atom. The lowest BCUT2D eigenvalue weighted by Gasteiger charge is -2.18. The monoisotopic (exact) mass is 339 g/mol. The van der Waals surface area contributed by atoms with Crippen LogP contribution in [0.2, 0.25) is 0 Å². The van der Waals surface area contributed by atoms with E-state index < -0.39 is 11.7 Å². The number of benzene rings is 1. The number of rotatable bonds is 3. The van der Waals surface area contributed by atoms with Crippen molar-refractivity contribution in [1.82, 2.24) is 15.0 Å². The summed E-state index contributed by atoms with van der Waals surface area (Å²) in [6.07, 6.45) is -4.08. The summed E-state index contributed by atoms with van der Waals surface area (Å²) >= 11 is 0. The van der Waals surface area contributed by atoms with E-state index in [1.807, 2.05) is 0 Å². The molecule has 0 radical (unpaired) electrons. The largest absolute Gasteiger partial charge is 0.416 e. The van der Waals surface area contributed by atoms with Crippen molar-refractivity contribution in [3.8, 4) is 0 Å². The van der Waals surface area contributed by atoms with Crippen LogP contribution in [0.25, 0.3) is 0 Å². The number of likely N-dealkylation sites (tertiary alicyclic amines) is 1. The van der Waals surface area contributed by atoms with E-state index in [9.17, 15) is 18.0 Å². The third kappa shape index (κ3) is 3.42. The van der Waals surface area contributed by atoms with Crippen LogP contribution in [0, 0.1) is 6.92 Å². The zero-order valence-electron chi connectivity index (χ0n) is 13.0. The highest BCUT2D eigenvalue weighted by atomic mass is 19.4. The summed E-state index contributed by atoms with van der Waals surface area (Å²) in [4.78, 5) is 18.1. The summed E-state index contributed by atoms with van der Waals surface area (Å²) in [7, 11) is 0. The molecule has 1 amide bonds. The third-order valence-electron chi connectivity index (χ3n) is 4.10. The average Bonchev–Trinajstić information content (AvgIpc) is 3.15. The van der Waals surface area contributed by atoms with Crippen LogP contribution in [-0.4, -0.2) is 34.0 Å². The van der Waals surface area contributed by atoms with Gasteiger partial charge in [-0.3, -0.25) is 4.79 Å². The molecular weight excluding hydrogens is 323 g/mol. The fraction of sp³-hybridized carbons (Fsp3) is 0.438. The van der Waals surface area contributed by atoms with Gasteiger partial charge in [-0.05, 0) is 25.0 Å². The van der Waals surface area contributed by atoms with E-state index in [4.69, 9.17) is 4.52 Å². The van der Waals surface area contributed by atoms with Crippen molar-refractivity contribution in [2.75, 3.05) is 13.1 Å². The number of aryl methyl sites for hydroxylation is 1. The van der Waals surface area contributed by atoms with Crippen LogP contribution in [0.1, 0.15) is 35.2 Å². The molecular formula is C16H16F3N3O2. The van der Waals surface area contributed by atoms with Crippen LogP contribution in [0.4, 0.5) is 13.2 Å². The smallest absolute Gasteiger partial charge is 0.342 e. The molecule has 1 fully saturated rings. The molecule has 0 N–H and O–H groups in total. The maximum absolute atomic E-state index is 13.0. The SMILES string of the molecule is Cc1noc(C2CCN(C(=O)Cc3ccccc3C(F)(F)F)C2)n1. The zero-order chi connectivity index (χ0) is 17.3. The van der Waals surface area contributed by atoms with E-state index in [1.165, 1.54) is 18.2 Å². The van der Waals surface area contributed by atoms with Crippen LogP contribution >= 0.6 is 0 Å². The Balaban J connectivity index is 1.69. The highest BCUT2D eigenvalue weighted by molar-refractivity contribution is 5.79. The Bertz CT molecular complexity index is 742. The lowest BCUT2D eigenvalue weighted by molar-refractivity contribution is -0.138. The van der Waals surface area contributed by atoms with Crippen molar-refractivity contribution in [3.05, 3.63) is 47.1 Å². The minimum Gasteiger partial charge on any atom is -0.342 e. The summed E-state index contributed by atoms with van der Waals surface area (Å²) < 4.78 is 44.1. The van der Waals surface area contributed by atoms with Crippen molar-refractivity contribution in [3.63, 3.8) is 0 Å². The molecule has 0 saturated carbocycles. The molecule has 1 aliphatic heterocycles. The normalized spacial score (nSPS) is 18.2. The van der Waals surface area contributed by atoms with Crippen molar-refractivity contribution >= 4 is 5.91 Å². The molecule has 128 valence electrons. The quantitative estimate of drug-likeness (QED) is 0.863. The van der Waals surface area contributed by atoms with Crippen LogP contribution in [0.3, 0.4) is 0 Å². The Kier molecular flexibility index (Phi) is 4.29. The van der Waals surface area contributed by atoms with Crippen LogP contribution in [0.5, 0.6) is 0 Å². The molecule has 3 rings (SSSR count). The number of halogens is 3. The van der Waals surface area contributed by atoms with E-state index in [2.05, 4.69) is 10.1 Å². The minimum atomic E-state index is -4.47. The number of hydrogen-bond acceptors (Lipinski definition) is 4. The van der Waals surface area contributed by atoms with E-state index in [1.54, 1.807) is 11.8 Å². The number of amides is 1. The Morgan fingerprint density at radius 1 is 1.38 bits per heavy atom. The molecule has 2 heterocycles. The molecule has 1 aliphatic rings. The summed E-state index contributed by atoms with van der Waals surface area (Å²) in [5.74, 6) is 0.603. The van der Waals surface area contributed by atoms with Gasteiger partial charge in [0.25, 0.3) is 0 Å². The molecule has 1 unspecified atom stereocenters. The second-order valence-corrected chi connectivity index (χ2v) is 5.84. The van der Waals surface area contributed by atoms with Crippen LogP contribution in [0.15, 0.2) is 28.8 Å². The Labute approximate surface area is 136 Å². The van der Waals surface area contributed by atoms with E-state index in [0.717, 1.165) is 6.07 Å². The zero-order valence-corrected chi connectivity index (χ0v) is 13.0. The van der Waals surface area contributed by atoms with Gasteiger partial charge in [0.1, 0.15) is 0 Å². The van der Waals surface area contributed by atoms with Gasteiger partial charge in [0.2, 0.25) is 11.8 Å². The van der Waals surface area contributed by atoms with Gasteiger partial charge in [0.15, 0.2) is 5.82 Å². The van der Waals surface area contributed by atoms with Gasteiger partial charge in [0, 0.05) is 13.1 Å². The second-order valence-electron chi connectivity index (χ2n) is 5.84. The van der Waals surface area contributed by atoms with Crippen LogP contribution in [-0.2, 0) is 17.4 Å². The number of nitrogens with zero attached hydrogens (tertiary/aromatic N) is 3. The predicted molar refractivity (Wildman–Crippen MR) is 78.1 cm³/mol. The van der Waals surface area contributed by atoms with E-state index >= 15 is 0 Å². The van der Waals surface area contributed by atoms with Gasteiger partial charge >= 0.3 is 6.18 Å². The molecule has 1 aromatic carbocycles. The highest BCUT2D eigenvalue weighted by Gasteiger charge is 2.35. The first-order valence-corrected chi connectivity index (χ1v) is 7.57. The summed E-state index contributed by atoms with van der Waals surface area (Å²) in [6, 6.07) is 5.17. The Morgan fingerprint density at radius 2 is 2.12 bits per heavy atom.